The zero-order valence-electron chi connectivity index (χ0n) is 11.0. The Morgan fingerprint density at radius 2 is 2.06 bits per heavy atom. The van der Waals surface area contributed by atoms with Gasteiger partial charge in [0.1, 0.15) is 5.60 Å². The van der Waals surface area contributed by atoms with Gasteiger partial charge in [0, 0.05) is 13.2 Å². The van der Waals surface area contributed by atoms with E-state index >= 15 is 0 Å². The third-order valence-electron chi connectivity index (χ3n) is 3.29. The van der Waals surface area contributed by atoms with Gasteiger partial charge in [0.2, 0.25) is 0 Å². The van der Waals surface area contributed by atoms with E-state index in [1.165, 1.54) is 0 Å². The summed E-state index contributed by atoms with van der Waals surface area (Å²) in [5.41, 5.74) is -0.696. The lowest BCUT2D eigenvalue weighted by Gasteiger charge is -2.35. The van der Waals surface area contributed by atoms with Crippen LogP contribution in [0.3, 0.4) is 0 Å². The summed E-state index contributed by atoms with van der Waals surface area (Å²) in [5.74, 6) is -0.0605. The molecule has 1 amide bonds. The molecule has 0 aromatic heterocycles. The number of aliphatic hydroxyl groups excluding tert-OH is 1. The Kier molecular flexibility index (Phi) is 5.36. The molecule has 5 heteroatoms. The Hall–Kier alpha value is -0.650. The number of ether oxygens (including phenoxy) is 1. The van der Waals surface area contributed by atoms with Crippen molar-refractivity contribution in [1.82, 2.24) is 10.6 Å². The molecular weight excluding hydrogens is 220 g/mol. The Balaban J connectivity index is 2.54. The van der Waals surface area contributed by atoms with Gasteiger partial charge < -0.3 is 20.5 Å². The number of hydrogen-bond donors (Lipinski definition) is 3. The van der Waals surface area contributed by atoms with Crippen molar-refractivity contribution in [3.8, 4) is 0 Å². The minimum atomic E-state index is -0.696. The summed E-state index contributed by atoms with van der Waals surface area (Å²) in [6.45, 7) is 5.21. The molecule has 0 aromatic carbocycles. The quantitative estimate of drug-likeness (QED) is 0.638. The van der Waals surface area contributed by atoms with Gasteiger partial charge in [-0.2, -0.15) is 0 Å². The maximum absolute atomic E-state index is 12.2. The van der Waals surface area contributed by atoms with E-state index < -0.39 is 11.7 Å². The average molecular weight is 244 g/mol. The van der Waals surface area contributed by atoms with E-state index in [0.29, 0.717) is 19.3 Å². The van der Waals surface area contributed by atoms with Crippen molar-refractivity contribution in [2.24, 2.45) is 0 Å². The second kappa shape index (κ2) is 6.33. The van der Waals surface area contributed by atoms with Gasteiger partial charge in [-0.1, -0.05) is 0 Å². The molecule has 1 aliphatic rings. The highest BCUT2D eigenvalue weighted by Gasteiger charge is 2.40. The molecule has 1 fully saturated rings. The van der Waals surface area contributed by atoms with Gasteiger partial charge in [0.05, 0.1) is 6.10 Å². The molecule has 0 spiro atoms. The Bertz CT molecular complexity index is 250. The number of carbonyl (C=O) groups is 1. The SMILES string of the molecule is COC1(C(=O)NC(C)CC(C)O)CCNCC1. The van der Waals surface area contributed by atoms with E-state index in [2.05, 4.69) is 10.6 Å². The fourth-order valence-corrected chi connectivity index (χ4v) is 2.28. The molecule has 0 aliphatic carbocycles. The second-order valence-corrected chi connectivity index (χ2v) is 4.91. The average Bonchev–Trinajstić information content (AvgIpc) is 2.28. The van der Waals surface area contributed by atoms with Crippen LogP contribution < -0.4 is 10.6 Å². The normalized spacial score (nSPS) is 22.8. The second-order valence-electron chi connectivity index (χ2n) is 4.91. The van der Waals surface area contributed by atoms with E-state index in [9.17, 15) is 9.90 Å². The van der Waals surface area contributed by atoms with Crippen LogP contribution in [0.15, 0.2) is 0 Å². The first kappa shape index (κ1) is 14.4. The standard InChI is InChI=1S/C12H24N2O3/c1-9(8-10(2)15)14-11(16)12(17-3)4-6-13-7-5-12/h9-10,13,15H,4-8H2,1-3H3,(H,14,16). The van der Waals surface area contributed by atoms with Crippen molar-refractivity contribution in [2.75, 3.05) is 20.2 Å². The maximum atomic E-state index is 12.2. The highest BCUT2D eigenvalue weighted by Crippen LogP contribution is 2.22. The molecule has 5 nitrogen and oxygen atoms in total. The Labute approximate surface area is 103 Å². The van der Waals surface area contributed by atoms with Crippen LogP contribution in [-0.2, 0) is 9.53 Å². The molecule has 0 radical (unpaired) electrons. The molecule has 3 N–H and O–H groups in total. The number of amides is 1. The van der Waals surface area contributed by atoms with Crippen LogP contribution in [0, 0.1) is 0 Å². The third kappa shape index (κ3) is 3.94. The van der Waals surface area contributed by atoms with Crippen LogP contribution in [0.4, 0.5) is 0 Å². The van der Waals surface area contributed by atoms with Crippen molar-refractivity contribution in [1.29, 1.82) is 0 Å². The fourth-order valence-electron chi connectivity index (χ4n) is 2.28. The molecule has 0 bridgehead atoms. The summed E-state index contributed by atoms with van der Waals surface area (Å²) in [4.78, 5) is 12.2. The van der Waals surface area contributed by atoms with Crippen molar-refractivity contribution in [3.63, 3.8) is 0 Å². The molecule has 100 valence electrons. The molecular formula is C12H24N2O3. The summed E-state index contributed by atoms with van der Waals surface area (Å²) >= 11 is 0. The molecule has 0 aromatic rings. The van der Waals surface area contributed by atoms with Crippen LogP contribution >= 0.6 is 0 Å². The topological polar surface area (TPSA) is 70.6 Å². The summed E-state index contributed by atoms with van der Waals surface area (Å²) < 4.78 is 5.43. The van der Waals surface area contributed by atoms with Crippen molar-refractivity contribution in [2.45, 2.75) is 50.9 Å². The van der Waals surface area contributed by atoms with E-state index in [1.54, 1.807) is 14.0 Å². The largest absolute Gasteiger partial charge is 0.393 e. The van der Waals surface area contributed by atoms with Crippen LogP contribution in [0.1, 0.15) is 33.1 Å². The van der Waals surface area contributed by atoms with E-state index in [-0.39, 0.29) is 11.9 Å². The van der Waals surface area contributed by atoms with E-state index in [0.717, 1.165) is 13.1 Å². The molecule has 17 heavy (non-hydrogen) atoms. The van der Waals surface area contributed by atoms with Crippen LogP contribution in [0.2, 0.25) is 0 Å². The fraction of sp³-hybridized carbons (Fsp3) is 0.917. The first-order chi connectivity index (χ1) is 8.00. The highest BCUT2D eigenvalue weighted by atomic mass is 16.5. The number of methoxy groups -OCH3 is 1. The first-order valence-electron chi connectivity index (χ1n) is 6.25. The maximum Gasteiger partial charge on any atom is 0.252 e. The smallest absolute Gasteiger partial charge is 0.252 e. The summed E-state index contributed by atoms with van der Waals surface area (Å²) in [5, 5.41) is 15.4. The molecule has 1 rings (SSSR count). The summed E-state index contributed by atoms with van der Waals surface area (Å²) in [6.07, 6.45) is 1.54. The lowest BCUT2D eigenvalue weighted by molar-refractivity contribution is -0.147. The molecule has 1 heterocycles. The van der Waals surface area contributed by atoms with Gasteiger partial charge >= 0.3 is 0 Å². The van der Waals surface area contributed by atoms with Crippen LogP contribution in [0.25, 0.3) is 0 Å². The van der Waals surface area contributed by atoms with Crippen LogP contribution in [0.5, 0.6) is 0 Å². The molecule has 1 saturated heterocycles. The lowest BCUT2D eigenvalue weighted by atomic mass is 9.90. The lowest BCUT2D eigenvalue weighted by Crippen LogP contribution is -2.55. The first-order valence-corrected chi connectivity index (χ1v) is 6.25. The number of piperidine rings is 1. The predicted molar refractivity (Wildman–Crippen MR) is 65.7 cm³/mol. The minimum Gasteiger partial charge on any atom is -0.393 e. The number of aliphatic hydroxyl groups is 1. The molecule has 2 atom stereocenters. The van der Waals surface area contributed by atoms with E-state index in [1.807, 2.05) is 6.92 Å². The Morgan fingerprint density at radius 1 is 1.47 bits per heavy atom. The van der Waals surface area contributed by atoms with Gasteiger partial charge in [-0.15, -0.1) is 0 Å². The van der Waals surface area contributed by atoms with Gasteiger partial charge in [0.15, 0.2) is 0 Å². The van der Waals surface area contributed by atoms with Gasteiger partial charge in [0.25, 0.3) is 5.91 Å². The number of hydrogen-bond acceptors (Lipinski definition) is 4. The predicted octanol–water partition coefficient (Wildman–Crippen LogP) is 0.0306. The number of carbonyl (C=O) groups excluding carboxylic acids is 1. The highest BCUT2D eigenvalue weighted by molar-refractivity contribution is 5.85. The van der Waals surface area contributed by atoms with Gasteiger partial charge in [-0.05, 0) is 46.2 Å². The van der Waals surface area contributed by atoms with Crippen molar-refractivity contribution in [3.05, 3.63) is 0 Å². The van der Waals surface area contributed by atoms with Gasteiger partial charge in [-0.3, -0.25) is 4.79 Å². The zero-order valence-corrected chi connectivity index (χ0v) is 11.0. The monoisotopic (exact) mass is 244 g/mol. The minimum absolute atomic E-state index is 0.0376. The summed E-state index contributed by atoms with van der Waals surface area (Å²) in [6, 6.07) is -0.0376. The van der Waals surface area contributed by atoms with Crippen molar-refractivity contribution < 1.29 is 14.6 Å². The zero-order chi connectivity index (χ0) is 12.9. The number of nitrogens with one attached hydrogen (secondary N) is 2. The Morgan fingerprint density at radius 3 is 2.53 bits per heavy atom. The van der Waals surface area contributed by atoms with Gasteiger partial charge in [-0.25, -0.2) is 0 Å². The number of rotatable bonds is 5. The third-order valence-corrected chi connectivity index (χ3v) is 3.29. The molecule has 1 aliphatic heterocycles. The van der Waals surface area contributed by atoms with Crippen molar-refractivity contribution >= 4 is 5.91 Å². The molecule has 2 unspecified atom stereocenters. The van der Waals surface area contributed by atoms with Crippen LogP contribution in [-0.4, -0.2) is 49.0 Å². The summed E-state index contributed by atoms with van der Waals surface area (Å²) in [7, 11) is 1.59. The van der Waals surface area contributed by atoms with E-state index in [4.69, 9.17) is 4.74 Å². The molecule has 0 saturated carbocycles.